The molecule has 1 aromatic rings. The van der Waals surface area contributed by atoms with Crippen molar-refractivity contribution in [3.05, 3.63) is 9.48 Å². The van der Waals surface area contributed by atoms with E-state index in [1.807, 2.05) is 0 Å². The molecule has 2 rings (SSSR count). The largest absolute Gasteiger partial charge is 0.325 e. The summed E-state index contributed by atoms with van der Waals surface area (Å²) in [6.45, 7) is 0. The van der Waals surface area contributed by atoms with Gasteiger partial charge in [0.25, 0.3) is 0 Å². The fraction of sp³-hybridized carbons (Fsp3) is 0.714. The molecule has 0 radical (unpaired) electrons. The Hall–Kier alpha value is -0.000000000000000111. The molecule has 0 bridgehead atoms. The number of nitrogens with two attached hydrogens (primary N) is 1. The molecule has 12 heavy (non-hydrogen) atoms. The van der Waals surface area contributed by atoms with Gasteiger partial charge in [-0.1, -0.05) is 4.49 Å². The van der Waals surface area contributed by atoms with E-state index < -0.39 is 0 Å². The van der Waals surface area contributed by atoms with Crippen LogP contribution < -0.4 is 5.73 Å². The number of rotatable bonds is 3. The molecule has 1 aliphatic rings. The maximum absolute atomic E-state index is 5.95. The van der Waals surface area contributed by atoms with Gasteiger partial charge in [0.15, 0.2) is 0 Å². The lowest BCUT2D eigenvalue weighted by Crippen LogP contribution is -2.22. The Morgan fingerprint density at radius 3 is 2.83 bits per heavy atom. The number of hydrogen-bond donors (Lipinski definition) is 1. The van der Waals surface area contributed by atoms with Gasteiger partial charge in [0, 0.05) is 5.54 Å². The topological polar surface area (TPSA) is 51.8 Å². The zero-order valence-corrected chi connectivity index (χ0v) is 8.99. The Morgan fingerprint density at radius 2 is 2.33 bits per heavy atom. The zero-order chi connectivity index (χ0) is 8.60. The van der Waals surface area contributed by atoms with Crippen molar-refractivity contribution in [3.63, 3.8) is 0 Å². The molecule has 1 saturated carbocycles. The van der Waals surface area contributed by atoms with Crippen LogP contribution in [0.2, 0.25) is 0 Å². The molecule has 2 N–H and O–H groups in total. The average molecular weight is 248 g/mol. The maximum atomic E-state index is 5.95. The minimum atomic E-state index is 0.128. The summed E-state index contributed by atoms with van der Waals surface area (Å²) in [7, 11) is 0. The van der Waals surface area contributed by atoms with Crippen LogP contribution in [-0.2, 0) is 6.42 Å². The number of aryl methyl sites for hydroxylation is 1. The van der Waals surface area contributed by atoms with Crippen LogP contribution in [0.5, 0.6) is 0 Å². The monoisotopic (exact) mass is 247 g/mol. The summed E-state index contributed by atoms with van der Waals surface area (Å²) < 4.78 is 4.89. The number of nitrogens with zero attached hydrogens (tertiary/aromatic N) is 2. The van der Waals surface area contributed by atoms with E-state index in [0.29, 0.717) is 0 Å². The van der Waals surface area contributed by atoms with Crippen LogP contribution in [0.4, 0.5) is 0 Å². The smallest absolute Gasteiger partial charge is 0.114 e. The van der Waals surface area contributed by atoms with Crippen molar-refractivity contribution in [2.24, 2.45) is 5.73 Å². The highest BCUT2D eigenvalue weighted by molar-refractivity contribution is 9.11. The van der Waals surface area contributed by atoms with E-state index in [2.05, 4.69) is 25.5 Å². The summed E-state index contributed by atoms with van der Waals surface area (Å²) >= 11 is 4.80. The third-order valence-corrected chi connectivity index (χ3v) is 3.71. The van der Waals surface area contributed by atoms with Crippen LogP contribution in [0.1, 0.15) is 25.0 Å². The first-order chi connectivity index (χ1) is 5.70. The molecule has 0 amide bonds. The quantitative estimate of drug-likeness (QED) is 0.886. The van der Waals surface area contributed by atoms with Crippen LogP contribution in [0.3, 0.4) is 0 Å². The predicted octanol–water partition coefficient (Wildman–Crippen LogP) is 1.72. The highest BCUT2D eigenvalue weighted by atomic mass is 79.9. The van der Waals surface area contributed by atoms with E-state index in [-0.39, 0.29) is 5.54 Å². The van der Waals surface area contributed by atoms with Gasteiger partial charge < -0.3 is 5.73 Å². The number of hydrogen-bond acceptors (Lipinski definition) is 4. The van der Waals surface area contributed by atoms with Gasteiger partial charge in [0.05, 0.1) is 5.69 Å². The minimum absolute atomic E-state index is 0.128. The molecular weight excluding hydrogens is 238 g/mol. The third-order valence-electron chi connectivity index (χ3n) is 2.26. The minimum Gasteiger partial charge on any atom is -0.325 e. The molecule has 0 unspecified atom stereocenters. The molecule has 0 atom stereocenters. The van der Waals surface area contributed by atoms with E-state index in [1.54, 1.807) is 0 Å². The predicted molar refractivity (Wildman–Crippen MR) is 52.1 cm³/mol. The Balaban J connectivity index is 1.91. The SMILES string of the molecule is NC1(CCc2nnsc2Br)CC1. The lowest BCUT2D eigenvalue weighted by Gasteiger charge is -2.05. The summed E-state index contributed by atoms with van der Waals surface area (Å²) in [5, 5.41) is 4.01. The van der Waals surface area contributed by atoms with E-state index in [4.69, 9.17) is 5.73 Å². The van der Waals surface area contributed by atoms with Crippen LogP contribution in [0.25, 0.3) is 0 Å². The Morgan fingerprint density at radius 1 is 1.58 bits per heavy atom. The van der Waals surface area contributed by atoms with Crippen molar-refractivity contribution in [1.29, 1.82) is 0 Å². The lowest BCUT2D eigenvalue weighted by molar-refractivity contribution is 0.602. The van der Waals surface area contributed by atoms with Gasteiger partial charge in [0.2, 0.25) is 0 Å². The van der Waals surface area contributed by atoms with Gasteiger partial charge in [-0.3, -0.25) is 0 Å². The highest BCUT2D eigenvalue weighted by Gasteiger charge is 2.37. The van der Waals surface area contributed by atoms with Gasteiger partial charge in [-0.2, -0.15) is 0 Å². The van der Waals surface area contributed by atoms with Crippen molar-refractivity contribution >= 4 is 27.5 Å². The molecule has 0 aromatic carbocycles. The lowest BCUT2D eigenvalue weighted by atomic mass is 10.1. The second kappa shape index (κ2) is 3.05. The third kappa shape index (κ3) is 1.84. The Bertz CT molecular complexity index is 282. The molecule has 1 fully saturated rings. The van der Waals surface area contributed by atoms with E-state index in [9.17, 15) is 0 Å². The van der Waals surface area contributed by atoms with E-state index >= 15 is 0 Å². The summed E-state index contributed by atoms with van der Waals surface area (Å²) in [4.78, 5) is 0. The second-order valence-electron chi connectivity index (χ2n) is 3.36. The standard InChI is InChI=1S/C7H10BrN3S/c8-6-5(10-11-12-6)1-2-7(9)3-4-7/h1-4,9H2. The van der Waals surface area contributed by atoms with Crippen LogP contribution >= 0.6 is 27.5 Å². The summed E-state index contributed by atoms with van der Waals surface area (Å²) in [6, 6.07) is 0. The van der Waals surface area contributed by atoms with Crippen molar-refractivity contribution in [3.8, 4) is 0 Å². The van der Waals surface area contributed by atoms with Crippen molar-refractivity contribution in [1.82, 2.24) is 9.59 Å². The zero-order valence-electron chi connectivity index (χ0n) is 6.59. The van der Waals surface area contributed by atoms with Gasteiger partial charge in [-0.05, 0) is 53.1 Å². The van der Waals surface area contributed by atoms with Crippen molar-refractivity contribution in [2.45, 2.75) is 31.2 Å². The van der Waals surface area contributed by atoms with E-state index in [0.717, 1.165) is 22.3 Å². The number of aromatic nitrogens is 2. The first kappa shape index (κ1) is 8.59. The van der Waals surface area contributed by atoms with Crippen molar-refractivity contribution < 1.29 is 0 Å². The van der Waals surface area contributed by atoms with Crippen LogP contribution in [-0.4, -0.2) is 15.1 Å². The number of halogens is 1. The van der Waals surface area contributed by atoms with Crippen molar-refractivity contribution in [2.75, 3.05) is 0 Å². The molecule has 0 saturated heterocycles. The first-order valence-corrected chi connectivity index (χ1v) is 5.52. The van der Waals surface area contributed by atoms with E-state index in [1.165, 1.54) is 24.4 Å². The second-order valence-corrected chi connectivity index (χ2v) is 5.43. The fourth-order valence-corrected chi connectivity index (χ4v) is 2.05. The fourth-order valence-electron chi connectivity index (χ4n) is 1.12. The maximum Gasteiger partial charge on any atom is 0.114 e. The van der Waals surface area contributed by atoms with Gasteiger partial charge >= 0.3 is 0 Å². The molecular formula is C7H10BrN3S. The molecule has 1 heterocycles. The molecule has 1 aliphatic carbocycles. The molecule has 1 aromatic heterocycles. The normalized spacial score (nSPS) is 19.5. The summed E-state index contributed by atoms with van der Waals surface area (Å²) in [6.07, 6.45) is 4.33. The Kier molecular flexibility index (Phi) is 2.18. The van der Waals surface area contributed by atoms with Crippen LogP contribution in [0, 0.1) is 0 Å². The highest BCUT2D eigenvalue weighted by Crippen LogP contribution is 2.37. The Labute approximate surface area is 83.6 Å². The first-order valence-electron chi connectivity index (χ1n) is 3.95. The molecule has 66 valence electrons. The summed E-state index contributed by atoms with van der Waals surface area (Å²) in [5.74, 6) is 0. The molecule has 0 spiro atoms. The van der Waals surface area contributed by atoms with Gasteiger partial charge in [-0.15, -0.1) is 5.10 Å². The molecule has 5 heteroatoms. The van der Waals surface area contributed by atoms with Crippen LogP contribution in [0.15, 0.2) is 3.79 Å². The van der Waals surface area contributed by atoms with Gasteiger partial charge in [0.1, 0.15) is 3.79 Å². The molecule has 0 aliphatic heterocycles. The van der Waals surface area contributed by atoms with Gasteiger partial charge in [-0.25, -0.2) is 0 Å². The summed E-state index contributed by atoms with van der Waals surface area (Å²) in [5.41, 5.74) is 7.13. The average Bonchev–Trinajstić information content (AvgIpc) is 2.61. The molecule has 3 nitrogen and oxygen atoms in total.